The van der Waals surface area contributed by atoms with Crippen LogP contribution in [0.2, 0.25) is 0 Å². The number of benzene rings is 1. The summed E-state index contributed by atoms with van der Waals surface area (Å²) in [5, 5.41) is 6.34. The van der Waals surface area contributed by atoms with E-state index < -0.39 is 10.0 Å². The van der Waals surface area contributed by atoms with Crippen LogP contribution >= 0.6 is 0 Å². The fourth-order valence-corrected chi connectivity index (χ4v) is 4.87. The third-order valence-corrected chi connectivity index (χ3v) is 7.39. The third kappa shape index (κ3) is 7.89. The first-order valence-corrected chi connectivity index (χ1v) is 12.9. The van der Waals surface area contributed by atoms with E-state index in [9.17, 15) is 8.42 Å². The van der Waals surface area contributed by atoms with Crippen LogP contribution in [0.25, 0.3) is 0 Å². The molecule has 1 aromatic rings. The number of piperidine rings is 1. The summed E-state index contributed by atoms with van der Waals surface area (Å²) in [6, 6.07) is 8.69. The normalized spacial score (nSPS) is 18.8. The van der Waals surface area contributed by atoms with Gasteiger partial charge in [0.25, 0.3) is 0 Å². The number of likely N-dealkylation sites (tertiary alicyclic amines) is 1. The zero-order chi connectivity index (χ0) is 21.2. The third-order valence-electron chi connectivity index (χ3n) is 6.04. The van der Waals surface area contributed by atoms with Crippen LogP contribution in [0.1, 0.15) is 49.7 Å². The zero-order valence-electron chi connectivity index (χ0n) is 18.2. The number of rotatable bonds is 10. The summed E-state index contributed by atoms with van der Waals surface area (Å²) >= 11 is 0. The highest BCUT2D eigenvalue weighted by Crippen LogP contribution is 2.25. The molecule has 0 bridgehead atoms. The first-order chi connectivity index (χ1) is 14.5. The van der Waals surface area contributed by atoms with Gasteiger partial charge in [-0.25, -0.2) is 13.1 Å². The molecule has 0 radical (unpaired) electrons. The number of aliphatic imine (C=N–C) groups is 1. The molecule has 168 valence electrons. The predicted molar refractivity (Wildman–Crippen MR) is 123 cm³/mol. The second kappa shape index (κ2) is 11.7. The minimum absolute atomic E-state index is 0.0472. The van der Waals surface area contributed by atoms with Gasteiger partial charge in [0, 0.05) is 33.2 Å². The van der Waals surface area contributed by atoms with Gasteiger partial charge in [-0.2, -0.15) is 0 Å². The van der Waals surface area contributed by atoms with Gasteiger partial charge < -0.3 is 10.6 Å². The molecule has 1 aliphatic carbocycles. The standard InChI is InChI=1S/C22H37N5O2S/c1-23-22(24-12-15-30(28,29)26-17-19-6-5-7-19)25-16-20-8-10-21(11-9-20)18-27-13-3-2-4-14-27/h8-11,19,26H,2-7,12-18H2,1H3,(H2,23,24,25). The van der Waals surface area contributed by atoms with Gasteiger partial charge in [0.1, 0.15) is 0 Å². The van der Waals surface area contributed by atoms with Crippen molar-refractivity contribution < 1.29 is 8.42 Å². The number of guanidine groups is 1. The van der Waals surface area contributed by atoms with Gasteiger partial charge in [-0.05, 0) is 55.8 Å². The summed E-state index contributed by atoms with van der Waals surface area (Å²) in [7, 11) is -1.55. The molecule has 3 rings (SSSR count). The summed E-state index contributed by atoms with van der Waals surface area (Å²) in [6.45, 7) is 4.99. The van der Waals surface area contributed by atoms with Crippen molar-refractivity contribution in [2.24, 2.45) is 10.9 Å². The van der Waals surface area contributed by atoms with Crippen LogP contribution in [0.3, 0.4) is 0 Å². The van der Waals surface area contributed by atoms with E-state index in [4.69, 9.17) is 0 Å². The van der Waals surface area contributed by atoms with Gasteiger partial charge in [-0.1, -0.05) is 37.1 Å². The van der Waals surface area contributed by atoms with E-state index in [0.717, 1.165) is 19.4 Å². The highest BCUT2D eigenvalue weighted by Gasteiger charge is 2.20. The van der Waals surface area contributed by atoms with Gasteiger partial charge in [0.2, 0.25) is 10.0 Å². The quantitative estimate of drug-likeness (QED) is 0.387. The Morgan fingerprint density at radius 2 is 1.73 bits per heavy atom. The molecule has 0 amide bonds. The van der Waals surface area contributed by atoms with Gasteiger partial charge in [0.05, 0.1) is 5.75 Å². The molecule has 0 aromatic heterocycles. The lowest BCUT2D eigenvalue weighted by molar-refractivity contribution is 0.221. The molecule has 7 nitrogen and oxygen atoms in total. The van der Waals surface area contributed by atoms with Crippen molar-refractivity contribution in [1.82, 2.24) is 20.3 Å². The van der Waals surface area contributed by atoms with Crippen LogP contribution in [0.4, 0.5) is 0 Å². The Bertz CT molecular complexity index is 769. The number of nitrogens with one attached hydrogen (secondary N) is 3. The Balaban J connectivity index is 1.35. The molecular weight excluding hydrogens is 398 g/mol. The van der Waals surface area contributed by atoms with E-state index in [-0.39, 0.29) is 5.75 Å². The van der Waals surface area contributed by atoms with Gasteiger partial charge >= 0.3 is 0 Å². The fourth-order valence-electron chi connectivity index (χ4n) is 3.86. The molecular formula is C22H37N5O2S. The van der Waals surface area contributed by atoms with Crippen molar-refractivity contribution in [3.8, 4) is 0 Å². The smallest absolute Gasteiger partial charge is 0.213 e. The molecule has 30 heavy (non-hydrogen) atoms. The topological polar surface area (TPSA) is 85.8 Å². The minimum atomic E-state index is -3.24. The van der Waals surface area contributed by atoms with Crippen LogP contribution in [0, 0.1) is 5.92 Å². The predicted octanol–water partition coefficient (Wildman–Crippen LogP) is 2.06. The Morgan fingerprint density at radius 1 is 1.03 bits per heavy atom. The van der Waals surface area contributed by atoms with Crippen LogP contribution in [0.15, 0.2) is 29.3 Å². The average Bonchev–Trinajstić information content (AvgIpc) is 2.71. The molecule has 2 aliphatic rings. The zero-order valence-corrected chi connectivity index (χ0v) is 19.0. The summed E-state index contributed by atoms with van der Waals surface area (Å²) in [5.41, 5.74) is 2.53. The maximum absolute atomic E-state index is 12.1. The lowest BCUT2D eigenvalue weighted by Gasteiger charge is -2.26. The number of hydrogen-bond donors (Lipinski definition) is 3. The fraction of sp³-hybridized carbons (Fsp3) is 0.682. The molecule has 3 N–H and O–H groups in total. The molecule has 1 aromatic carbocycles. The van der Waals surface area contributed by atoms with E-state index >= 15 is 0 Å². The Morgan fingerprint density at radius 3 is 2.37 bits per heavy atom. The van der Waals surface area contributed by atoms with Crippen molar-refractivity contribution in [1.29, 1.82) is 0 Å². The van der Waals surface area contributed by atoms with Crippen molar-refractivity contribution in [2.45, 2.75) is 51.6 Å². The summed E-state index contributed by atoms with van der Waals surface area (Å²) in [6.07, 6.45) is 7.47. The Labute approximate surface area is 181 Å². The van der Waals surface area contributed by atoms with Crippen LogP contribution in [0.5, 0.6) is 0 Å². The maximum atomic E-state index is 12.1. The van der Waals surface area contributed by atoms with E-state index in [0.29, 0.717) is 31.5 Å². The molecule has 0 unspecified atom stereocenters. The molecule has 1 saturated heterocycles. The first-order valence-electron chi connectivity index (χ1n) is 11.3. The molecule has 8 heteroatoms. The summed E-state index contributed by atoms with van der Waals surface area (Å²) in [5.74, 6) is 1.18. The Kier molecular flexibility index (Phi) is 8.96. The van der Waals surface area contributed by atoms with Gasteiger partial charge in [-0.15, -0.1) is 0 Å². The average molecular weight is 436 g/mol. The highest BCUT2D eigenvalue weighted by molar-refractivity contribution is 7.89. The Hall–Kier alpha value is -1.64. The number of nitrogens with zero attached hydrogens (tertiary/aromatic N) is 2. The van der Waals surface area contributed by atoms with E-state index in [1.54, 1.807) is 7.05 Å². The van der Waals surface area contributed by atoms with E-state index in [1.165, 1.54) is 49.9 Å². The van der Waals surface area contributed by atoms with Crippen molar-refractivity contribution in [3.05, 3.63) is 35.4 Å². The molecule has 1 saturated carbocycles. The van der Waals surface area contributed by atoms with Crippen molar-refractivity contribution >= 4 is 16.0 Å². The number of hydrogen-bond acceptors (Lipinski definition) is 4. The van der Waals surface area contributed by atoms with Crippen LogP contribution in [-0.2, 0) is 23.1 Å². The summed E-state index contributed by atoms with van der Waals surface area (Å²) in [4.78, 5) is 6.71. The minimum Gasteiger partial charge on any atom is -0.355 e. The molecule has 1 aliphatic heterocycles. The van der Waals surface area contributed by atoms with Crippen molar-refractivity contribution in [3.63, 3.8) is 0 Å². The monoisotopic (exact) mass is 435 g/mol. The van der Waals surface area contributed by atoms with Gasteiger partial charge in [0.15, 0.2) is 5.96 Å². The second-order valence-corrected chi connectivity index (χ2v) is 10.4. The van der Waals surface area contributed by atoms with Crippen molar-refractivity contribution in [2.75, 3.05) is 39.0 Å². The lowest BCUT2D eigenvalue weighted by atomic mass is 9.86. The van der Waals surface area contributed by atoms with Crippen LogP contribution < -0.4 is 15.4 Å². The van der Waals surface area contributed by atoms with E-state index in [1.807, 2.05) is 0 Å². The second-order valence-electron chi connectivity index (χ2n) is 8.47. The van der Waals surface area contributed by atoms with E-state index in [2.05, 4.69) is 49.5 Å². The lowest BCUT2D eigenvalue weighted by Crippen LogP contribution is -2.41. The number of sulfonamides is 1. The molecule has 0 atom stereocenters. The molecule has 2 fully saturated rings. The molecule has 1 heterocycles. The highest BCUT2D eigenvalue weighted by atomic mass is 32.2. The summed E-state index contributed by atoms with van der Waals surface area (Å²) < 4.78 is 26.9. The first kappa shape index (κ1) is 23.0. The SMILES string of the molecule is CN=C(NCCS(=O)(=O)NCC1CCC1)NCc1ccc(CN2CCCCC2)cc1. The van der Waals surface area contributed by atoms with Gasteiger partial charge in [-0.3, -0.25) is 9.89 Å². The molecule has 0 spiro atoms. The maximum Gasteiger partial charge on any atom is 0.213 e. The van der Waals surface area contributed by atoms with Crippen LogP contribution in [-0.4, -0.2) is 58.3 Å². The largest absolute Gasteiger partial charge is 0.355 e.